The van der Waals surface area contributed by atoms with Gasteiger partial charge in [0.05, 0.1) is 31.4 Å². The summed E-state index contributed by atoms with van der Waals surface area (Å²) in [5.41, 5.74) is 1.36. The normalized spacial score (nSPS) is 21.8. The molecular formula is C13H15N3O3S. The number of nitrogens with zero attached hydrogens (tertiary/aromatic N) is 3. The number of carbonyl (C=O) groups is 1. The summed E-state index contributed by atoms with van der Waals surface area (Å²) in [7, 11) is 0. The van der Waals surface area contributed by atoms with Crippen molar-refractivity contribution < 1.29 is 14.6 Å². The molecule has 1 aromatic rings. The number of aromatic nitrogens is 1. The van der Waals surface area contributed by atoms with Crippen LogP contribution in [-0.2, 0) is 9.53 Å². The van der Waals surface area contributed by atoms with Gasteiger partial charge in [-0.1, -0.05) is 0 Å². The monoisotopic (exact) mass is 293 g/mol. The summed E-state index contributed by atoms with van der Waals surface area (Å²) >= 11 is 1.50. The van der Waals surface area contributed by atoms with E-state index in [0.717, 1.165) is 16.5 Å². The predicted molar refractivity (Wildman–Crippen MR) is 74.5 cm³/mol. The first-order chi connectivity index (χ1) is 9.70. The molecular weight excluding hydrogens is 278 g/mol. The topological polar surface area (TPSA) is 75.0 Å². The van der Waals surface area contributed by atoms with E-state index in [1.165, 1.54) is 11.3 Å². The van der Waals surface area contributed by atoms with Crippen LogP contribution in [0.25, 0.3) is 0 Å². The Morgan fingerprint density at radius 1 is 1.65 bits per heavy atom. The zero-order valence-electron chi connectivity index (χ0n) is 11.1. The summed E-state index contributed by atoms with van der Waals surface area (Å²) in [6.45, 7) is 2.83. The van der Waals surface area contributed by atoms with Crippen LogP contribution >= 0.6 is 11.3 Å². The summed E-state index contributed by atoms with van der Waals surface area (Å²) in [5, 5.41) is 12.6. The Hall–Kier alpha value is -1.73. The van der Waals surface area contributed by atoms with Gasteiger partial charge in [-0.25, -0.2) is 9.78 Å². The Morgan fingerprint density at radius 2 is 2.50 bits per heavy atom. The van der Waals surface area contributed by atoms with Crippen LogP contribution in [-0.4, -0.2) is 52.6 Å². The number of esters is 1. The van der Waals surface area contributed by atoms with E-state index >= 15 is 0 Å². The lowest BCUT2D eigenvalue weighted by Crippen LogP contribution is -2.34. The van der Waals surface area contributed by atoms with E-state index in [1.807, 2.05) is 10.3 Å². The summed E-state index contributed by atoms with van der Waals surface area (Å²) < 4.78 is 5.06. The van der Waals surface area contributed by atoms with Crippen LogP contribution in [0.2, 0.25) is 0 Å². The maximum atomic E-state index is 12.0. The highest BCUT2D eigenvalue weighted by Crippen LogP contribution is 2.31. The zero-order chi connectivity index (χ0) is 14.1. The van der Waals surface area contributed by atoms with Gasteiger partial charge in [-0.3, -0.25) is 4.99 Å². The number of carbonyl (C=O) groups excluding carboxylic acids is 1. The van der Waals surface area contributed by atoms with E-state index in [9.17, 15) is 9.90 Å². The van der Waals surface area contributed by atoms with Crippen LogP contribution in [0.15, 0.2) is 27.8 Å². The number of aliphatic hydroxyl groups is 1. The maximum absolute atomic E-state index is 12.0. The molecule has 3 heterocycles. The SMILES string of the molecule is CCOC(=O)C1=C2CC(O)CN2C(c2nccs2)=NC1. The maximum Gasteiger partial charge on any atom is 0.337 e. The first kappa shape index (κ1) is 13.3. The van der Waals surface area contributed by atoms with Gasteiger partial charge in [0, 0.05) is 23.7 Å². The molecule has 1 N–H and O–H groups in total. The van der Waals surface area contributed by atoms with E-state index in [1.54, 1.807) is 13.1 Å². The Balaban J connectivity index is 1.94. The number of hydrogen-bond donors (Lipinski definition) is 1. The average Bonchev–Trinajstić information content (AvgIpc) is 3.05. The number of rotatable bonds is 3. The minimum Gasteiger partial charge on any atom is -0.463 e. The molecule has 0 saturated carbocycles. The average molecular weight is 293 g/mol. The van der Waals surface area contributed by atoms with Gasteiger partial charge in [0.25, 0.3) is 0 Å². The van der Waals surface area contributed by atoms with Crippen LogP contribution in [0.4, 0.5) is 0 Å². The third kappa shape index (κ3) is 2.23. The van der Waals surface area contributed by atoms with Gasteiger partial charge in [-0.05, 0) is 6.92 Å². The van der Waals surface area contributed by atoms with Crippen molar-refractivity contribution >= 4 is 23.1 Å². The van der Waals surface area contributed by atoms with Gasteiger partial charge >= 0.3 is 5.97 Å². The van der Waals surface area contributed by atoms with Gasteiger partial charge in [-0.2, -0.15) is 0 Å². The van der Waals surface area contributed by atoms with Gasteiger partial charge in [-0.15, -0.1) is 11.3 Å². The van der Waals surface area contributed by atoms with Gasteiger partial charge in [0.2, 0.25) is 0 Å². The molecule has 0 aromatic carbocycles. The van der Waals surface area contributed by atoms with E-state index in [0.29, 0.717) is 25.1 Å². The molecule has 106 valence electrons. The number of hydrogen-bond acceptors (Lipinski definition) is 7. The van der Waals surface area contributed by atoms with Gasteiger partial charge in [0.15, 0.2) is 10.8 Å². The summed E-state index contributed by atoms with van der Waals surface area (Å²) in [6.07, 6.45) is 1.69. The fraction of sp³-hybridized carbons (Fsp3) is 0.462. The van der Waals surface area contributed by atoms with Gasteiger partial charge < -0.3 is 14.7 Å². The quantitative estimate of drug-likeness (QED) is 0.834. The Bertz CT molecular complexity index is 580. The number of aliphatic hydroxyl groups excluding tert-OH is 1. The fourth-order valence-electron chi connectivity index (χ4n) is 2.47. The molecule has 2 aliphatic heterocycles. The van der Waals surface area contributed by atoms with E-state index in [4.69, 9.17) is 4.74 Å². The number of amidine groups is 1. The lowest BCUT2D eigenvalue weighted by Gasteiger charge is -2.26. The zero-order valence-corrected chi connectivity index (χ0v) is 11.9. The minimum atomic E-state index is -0.488. The van der Waals surface area contributed by atoms with Crippen LogP contribution in [0, 0.1) is 0 Å². The van der Waals surface area contributed by atoms with E-state index in [-0.39, 0.29) is 12.5 Å². The van der Waals surface area contributed by atoms with Crippen LogP contribution < -0.4 is 0 Å². The predicted octanol–water partition coefficient (Wildman–Crippen LogP) is 0.787. The second-order valence-electron chi connectivity index (χ2n) is 4.59. The van der Waals surface area contributed by atoms with Crippen LogP contribution in [0.5, 0.6) is 0 Å². The van der Waals surface area contributed by atoms with Crippen molar-refractivity contribution in [2.75, 3.05) is 19.7 Å². The molecule has 7 heteroatoms. The highest BCUT2D eigenvalue weighted by molar-refractivity contribution is 7.11. The third-order valence-corrected chi connectivity index (χ3v) is 4.05. The van der Waals surface area contributed by atoms with Crippen molar-refractivity contribution in [2.24, 2.45) is 4.99 Å². The first-order valence-corrected chi connectivity index (χ1v) is 7.37. The molecule has 0 bridgehead atoms. The van der Waals surface area contributed by atoms with Crippen molar-refractivity contribution in [3.05, 3.63) is 27.9 Å². The molecule has 1 atom stereocenters. The van der Waals surface area contributed by atoms with Gasteiger partial charge in [0.1, 0.15) is 0 Å². The van der Waals surface area contributed by atoms with Crippen molar-refractivity contribution in [1.29, 1.82) is 0 Å². The molecule has 0 aliphatic carbocycles. The van der Waals surface area contributed by atoms with Crippen molar-refractivity contribution in [2.45, 2.75) is 19.4 Å². The summed E-state index contributed by atoms with van der Waals surface area (Å²) in [5.74, 6) is 0.392. The standard InChI is InChI=1S/C13H15N3O3S/c1-2-19-13(18)9-6-15-11(12-14-3-4-20-12)16-7-8(17)5-10(9)16/h3-4,8,17H,2,5-7H2,1H3. The molecule has 1 aromatic heterocycles. The molecule has 0 amide bonds. The molecule has 0 radical (unpaired) electrons. The molecule has 0 spiro atoms. The Kier molecular flexibility index (Phi) is 3.54. The van der Waals surface area contributed by atoms with Crippen molar-refractivity contribution in [3.63, 3.8) is 0 Å². The summed E-state index contributed by atoms with van der Waals surface area (Å²) in [6, 6.07) is 0. The second-order valence-corrected chi connectivity index (χ2v) is 5.49. The molecule has 1 fully saturated rings. The largest absolute Gasteiger partial charge is 0.463 e. The highest BCUT2D eigenvalue weighted by Gasteiger charge is 2.36. The molecule has 1 unspecified atom stereocenters. The highest BCUT2D eigenvalue weighted by atomic mass is 32.1. The Morgan fingerprint density at radius 3 is 3.20 bits per heavy atom. The van der Waals surface area contributed by atoms with Crippen molar-refractivity contribution in [3.8, 4) is 0 Å². The number of aliphatic imine (C=N–C) groups is 1. The van der Waals surface area contributed by atoms with Crippen LogP contribution in [0.3, 0.4) is 0 Å². The number of thiazole rings is 1. The second kappa shape index (κ2) is 5.34. The summed E-state index contributed by atoms with van der Waals surface area (Å²) in [4.78, 5) is 22.6. The lowest BCUT2D eigenvalue weighted by molar-refractivity contribution is -0.138. The molecule has 6 nitrogen and oxygen atoms in total. The Labute approximate surface area is 120 Å². The van der Waals surface area contributed by atoms with E-state index in [2.05, 4.69) is 9.98 Å². The fourth-order valence-corrected chi connectivity index (χ4v) is 3.12. The smallest absolute Gasteiger partial charge is 0.337 e. The molecule has 2 aliphatic rings. The lowest BCUT2D eigenvalue weighted by atomic mass is 10.1. The van der Waals surface area contributed by atoms with Crippen LogP contribution in [0.1, 0.15) is 18.4 Å². The number of fused-ring (bicyclic) bond motifs is 1. The third-order valence-electron chi connectivity index (χ3n) is 3.28. The molecule has 3 rings (SSSR count). The minimum absolute atomic E-state index is 0.284. The molecule has 20 heavy (non-hydrogen) atoms. The number of ether oxygens (including phenoxy) is 1. The molecule has 1 saturated heterocycles. The van der Waals surface area contributed by atoms with Crippen molar-refractivity contribution in [1.82, 2.24) is 9.88 Å². The van der Waals surface area contributed by atoms with E-state index < -0.39 is 6.10 Å². The first-order valence-electron chi connectivity index (χ1n) is 6.49.